The van der Waals surface area contributed by atoms with Crippen molar-refractivity contribution in [2.24, 2.45) is 0 Å². The molecule has 3 heteroatoms. The molecule has 0 saturated carbocycles. The number of fused-ring (bicyclic) bond motifs is 5. The normalized spacial score (nSPS) is 11.4. The zero-order valence-electron chi connectivity index (χ0n) is 19.0. The van der Waals surface area contributed by atoms with Crippen molar-refractivity contribution in [3.63, 3.8) is 0 Å². The Kier molecular flexibility index (Phi) is 4.68. The van der Waals surface area contributed by atoms with Crippen LogP contribution in [-0.2, 0) is 0 Å². The Hall–Kier alpha value is -4.34. The van der Waals surface area contributed by atoms with Crippen LogP contribution in [0.2, 0.25) is 0 Å². The SMILES string of the molecule is c1ccc(Nc2ccc(-c3cccc4c3sc3c5ccccc5n(-c5ccccc5)c43)cc2)cc1. The van der Waals surface area contributed by atoms with Gasteiger partial charge in [-0.3, -0.25) is 0 Å². The van der Waals surface area contributed by atoms with E-state index in [1.807, 2.05) is 29.5 Å². The minimum atomic E-state index is 1.09. The second-order valence-corrected chi connectivity index (χ2v) is 9.74. The highest BCUT2D eigenvalue weighted by Crippen LogP contribution is 2.45. The van der Waals surface area contributed by atoms with Crippen LogP contribution in [0, 0.1) is 0 Å². The van der Waals surface area contributed by atoms with Crippen LogP contribution < -0.4 is 5.32 Å². The average Bonchev–Trinajstić information content (AvgIpc) is 3.45. The van der Waals surface area contributed by atoms with Crippen molar-refractivity contribution < 1.29 is 0 Å². The van der Waals surface area contributed by atoms with Crippen molar-refractivity contribution in [3.05, 3.63) is 127 Å². The Morgan fingerprint density at radius 1 is 0.514 bits per heavy atom. The molecule has 0 amide bonds. The van der Waals surface area contributed by atoms with Crippen molar-refractivity contribution in [2.75, 3.05) is 5.32 Å². The molecule has 0 spiro atoms. The molecule has 0 aliphatic carbocycles. The van der Waals surface area contributed by atoms with Gasteiger partial charge >= 0.3 is 0 Å². The van der Waals surface area contributed by atoms with E-state index in [1.165, 1.54) is 48.0 Å². The summed E-state index contributed by atoms with van der Waals surface area (Å²) in [5.74, 6) is 0. The van der Waals surface area contributed by atoms with Gasteiger partial charge in [0.2, 0.25) is 0 Å². The number of hydrogen-bond donors (Lipinski definition) is 1. The average molecular weight is 467 g/mol. The molecule has 2 heterocycles. The first kappa shape index (κ1) is 20.1. The van der Waals surface area contributed by atoms with Crippen molar-refractivity contribution in [2.45, 2.75) is 0 Å². The molecule has 7 aromatic rings. The summed E-state index contributed by atoms with van der Waals surface area (Å²) in [5.41, 5.74) is 8.43. The Balaban J connectivity index is 1.40. The van der Waals surface area contributed by atoms with Crippen LogP contribution in [0.5, 0.6) is 0 Å². The van der Waals surface area contributed by atoms with Crippen LogP contribution in [-0.4, -0.2) is 4.57 Å². The molecule has 2 aromatic heterocycles. The first-order valence-electron chi connectivity index (χ1n) is 11.8. The third-order valence-corrected chi connectivity index (χ3v) is 7.84. The van der Waals surface area contributed by atoms with Gasteiger partial charge in [-0.2, -0.15) is 0 Å². The Morgan fingerprint density at radius 3 is 1.97 bits per heavy atom. The summed E-state index contributed by atoms with van der Waals surface area (Å²) in [6.45, 7) is 0. The zero-order valence-corrected chi connectivity index (χ0v) is 19.8. The number of nitrogens with zero attached hydrogens (tertiary/aromatic N) is 1. The van der Waals surface area contributed by atoms with Crippen LogP contribution in [0.15, 0.2) is 127 Å². The molecule has 2 nitrogen and oxygen atoms in total. The van der Waals surface area contributed by atoms with Crippen LogP contribution in [0.4, 0.5) is 11.4 Å². The Labute approximate surface area is 207 Å². The summed E-state index contributed by atoms with van der Waals surface area (Å²) in [6.07, 6.45) is 0. The fourth-order valence-electron chi connectivity index (χ4n) is 4.99. The highest BCUT2D eigenvalue weighted by atomic mass is 32.1. The lowest BCUT2D eigenvalue weighted by atomic mass is 10.0. The van der Waals surface area contributed by atoms with E-state index in [2.05, 4.69) is 119 Å². The topological polar surface area (TPSA) is 17.0 Å². The van der Waals surface area contributed by atoms with Gasteiger partial charge in [-0.05, 0) is 53.6 Å². The van der Waals surface area contributed by atoms with Crippen molar-refractivity contribution in [3.8, 4) is 16.8 Å². The number of rotatable bonds is 4. The van der Waals surface area contributed by atoms with E-state index in [9.17, 15) is 0 Å². The van der Waals surface area contributed by atoms with Gasteiger partial charge in [0.15, 0.2) is 0 Å². The van der Waals surface area contributed by atoms with E-state index in [4.69, 9.17) is 0 Å². The van der Waals surface area contributed by atoms with E-state index in [0.717, 1.165) is 11.4 Å². The zero-order chi connectivity index (χ0) is 23.2. The van der Waals surface area contributed by atoms with Gasteiger partial charge in [0.25, 0.3) is 0 Å². The summed E-state index contributed by atoms with van der Waals surface area (Å²) in [4.78, 5) is 0. The number of anilines is 2. The van der Waals surface area contributed by atoms with Crippen molar-refractivity contribution >= 4 is 53.9 Å². The molecule has 0 aliphatic heterocycles. The van der Waals surface area contributed by atoms with E-state index >= 15 is 0 Å². The molecule has 0 saturated heterocycles. The number of aromatic nitrogens is 1. The van der Waals surface area contributed by atoms with Crippen molar-refractivity contribution in [1.29, 1.82) is 0 Å². The molecule has 0 aliphatic rings. The van der Waals surface area contributed by atoms with Gasteiger partial charge in [0.1, 0.15) is 0 Å². The van der Waals surface area contributed by atoms with E-state index in [0.29, 0.717) is 0 Å². The fraction of sp³-hybridized carbons (Fsp3) is 0. The highest BCUT2D eigenvalue weighted by molar-refractivity contribution is 7.27. The Morgan fingerprint density at radius 2 is 1.17 bits per heavy atom. The van der Waals surface area contributed by atoms with Crippen LogP contribution in [0.1, 0.15) is 0 Å². The molecule has 5 aromatic carbocycles. The number of thiophene rings is 1. The van der Waals surface area contributed by atoms with Crippen molar-refractivity contribution in [1.82, 2.24) is 4.57 Å². The first-order chi connectivity index (χ1) is 17.4. The lowest BCUT2D eigenvalue weighted by molar-refractivity contribution is 1.19. The van der Waals surface area contributed by atoms with Crippen LogP contribution in [0.25, 0.3) is 48.0 Å². The molecule has 166 valence electrons. The van der Waals surface area contributed by atoms with E-state index in [-0.39, 0.29) is 0 Å². The monoisotopic (exact) mass is 466 g/mol. The minimum absolute atomic E-state index is 1.09. The lowest BCUT2D eigenvalue weighted by Crippen LogP contribution is -1.93. The molecule has 35 heavy (non-hydrogen) atoms. The molecular formula is C32H22N2S. The smallest absolute Gasteiger partial charge is 0.0727 e. The standard InChI is InChI=1S/C32H22N2S/c1-3-10-23(11-4-1)33-24-20-18-22(19-21-24)26-15-9-16-28-30-32(35-31(26)28)27-14-7-8-17-29(27)34(30)25-12-5-2-6-13-25/h1-21,33H. The first-order valence-corrected chi connectivity index (χ1v) is 12.6. The second kappa shape index (κ2) is 8.15. The van der Waals surface area contributed by atoms with Gasteiger partial charge in [-0.15, -0.1) is 11.3 Å². The summed E-state index contributed by atoms with van der Waals surface area (Å²) in [5, 5.41) is 6.09. The second-order valence-electron chi connectivity index (χ2n) is 8.72. The van der Waals surface area contributed by atoms with Gasteiger partial charge < -0.3 is 9.88 Å². The van der Waals surface area contributed by atoms with E-state index in [1.54, 1.807) is 0 Å². The minimum Gasteiger partial charge on any atom is -0.356 e. The molecular weight excluding hydrogens is 444 g/mol. The number of para-hydroxylation sites is 3. The Bertz CT molecular complexity index is 1790. The van der Waals surface area contributed by atoms with Gasteiger partial charge in [0, 0.05) is 32.5 Å². The predicted octanol–water partition coefficient (Wildman–Crippen LogP) is 9.41. The molecule has 0 bridgehead atoms. The number of hydrogen-bond acceptors (Lipinski definition) is 2. The van der Waals surface area contributed by atoms with Gasteiger partial charge in [-0.1, -0.05) is 84.9 Å². The molecule has 1 N–H and O–H groups in total. The predicted molar refractivity (Wildman–Crippen MR) is 151 cm³/mol. The maximum Gasteiger partial charge on any atom is 0.0727 e. The lowest BCUT2D eigenvalue weighted by Gasteiger charge is -2.10. The molecule has 0 atom stereocenters. The van der Waals surface area contributed by atoms with Gasteiger partial charge in [-0.25, -0.2) is 0 Å². The third-order valence-electron chi connectivity index (χ3n) is 6.58. The summed E-state index contributed by atoms with van der Waals surface area (Å²) < 4.78 is 5.09. The van der Waals surface area contributed by atoms with Crippen LogP contribution >= 0.6 is 11.3 Å². The maximum absolute atomic E-state index is 3.48. The summed E-state index contributed by atoms with van der Waals surface area (Å²) in [7, 11) is 0. The summed E-state index contributed by atoms with van der Waals surface area (Å²) >= 11 is 1.90. The number of nitrogens with one attached hydrogen (secondary N) is 1. The molecule has 0 fully saturated rings. The molecule has 0 radical (unpaired) electrons. The molecule has 7 rings (SSSR count). The fourth-order valence-corrected chi connectivity index (χ4v) is 6.34. The number of benzene rings is 5. The summed E-state index contributed by atoms with van der Waals surface area (Å²) in [6, 6.07) is 45.2. The third kappa shape index (κ3) is 3.32. The largest absolute Gasteiger partial charge is 0.356 e. The van der Waals surface area contributed by atoms with Crippen LogP contribution in [0.3, 0.4) is 0 Å². The van der Waals surface area contributed by atoms with Gasteiger partial charge in [0.05, 0.1) is 15.7 Å². The van der Waals surface area contributed by atoms with E-state index < -0.39 is 0 Å². The highest BCUT2D eigenvalue weighted by Gasteiger charge is 2.19. The maximum atomic E-state index is 3.48. The quantitative estimate of drug-likeness (QED) is 0.273. The molecule has 0 unspecified atom stereocenters.